The first kappa shape index (κ1) is 22.7. The molecule has 0 aliphatic carbocycles. The van der Waals surface area contributed by atoms with Crippen molar-refractivity contribution in [1.29, 1.82) is 0 Å². The number of amides is 1. The van der Waals surface area contributed by atoms with E-state index in [1.54, 1.807) is 39.5 Å². The molecule has 1 fully saturated rings. The van der Waals surface area contributed by atoms with Gasteiger partial charge in [0.2, 0.25) is 5.91 Å². The lowest BCUT2D eigenvalue weighted by atomic mass is 10.2. The fourth-order valence-electron chi connectivity index (χ4n) is 3.44. The lowest BCUT2D eigenvalue weighted by molar-refractivity contribution is -0.117. The third kappa shape index (κ3) is 6.77. The number of carbonyl (C=O) groups excluding carboxylic acids is 1. The second-order valence-corrected chi connectivity index (χ2v) is 7.26. The van der Waals surface area contributed by atoms with Gasteiger partial charge < -0.3 is 24.3 Å². The topological polar surface area (TPSA) is 72.5 Å². The Labute approximate surface area is 183 Å². The van der Waals surface area contributed by atoms with Crippen molar-refractivity contribution in [2.75, 3.05) is 72.5 Å². The molecule has 3 rings (SSSR count). The molecule has 0 spiro atoms. The van der Waals surface area contributed by atoms with E-state index in [-0.39, 0.29) is 5.91 Å². The highest BCUT2D eigenvalue weighted by molar-refractivity contribution is 5.94. The molecule has 2 aromatic rings. The van der Waals surface area contributed by atoms with E-state index < -0.39 is 0 Å². The predicted octanol–water partition coefficient (Wildman–Crippen LogP) is 2.35. The smallest absolute Gasteiger partial charge is 0.238 e. The molecule has 0 unspecified atom stereocenters. The third-order valence-corrected chi connectivity index (χ3v) is 5.25. The van der Waals surface area contributed by atoms with Crippen LogP contribution in [0.15, 0.2) is 42.5 Å². The number of carbonyl (C=O) groups is 1. The number of anilines is 1. The van der Waals surface area contributed by atoms with Gasteiger partial charge in [-0.2, -0.15) is 0 Å². The highest BCUT2D eigenvalue weighted by atomic mass is 16.5. The lowest BCUT2D eigenvalue weighted by Crippen LogP contribution is -2.49. The quantitative estimate of drug-likeness (QED) is 0.622. The Morgan fingerprint density at radius 1 is 0.839 bits per heavy atom. The zero-order chi connectivity index (χ0) is 22.1. The zero-order valence-electron chi connectivity index (χ0n) is 18.4. The van der Waals surface area contributed by atoms with Crippen molar-refractivity contribution in [3.8, 4) is 23.0 Å². The number of rotatable bonds is 10. The van der Waals surface area contributed by atoms with Crippen LogP contribution in [0.25, 0.3) is 0 Å². The molecule has 1 heterocycles. The number of benzene rings is 2. The molecule has 8 heteroatoms. The zero-order valence-corrected chi connectivity index (χ0v) is 18.4. The molecule has 0 saturated carbocycles. The van der Waals surface area contributed by atoms with Crippen molar-refractivity contribution in [2.24, 2.45) is 0 Å². The van der Waals surface area contributed by atoms with Gasteiger partial charge in [0.25, 0.3) is 0 Å². The number of piperazine rings is 1. The first-order chi connectivity index (χ1) is 15.1. The molecule has 0 atom stereocenters. The number of ether oxygens (including phenoxy) is 4. The van der Waals surface area contributed by atoms with Gasteiger partial charge >= 0.3 is 0 Å². The van der Waals surface area contributed by atoms with E-state index in [1.165, 1.54) is 0 Å². The number of methoxy groups -OCH3 is 3. The summed E-state index contributed by atoms with van der Waals surface area (Å²) in [7, 11) is 4.82. The molecule has 2 aromatic carbocycles. The summed E-state index contributed by atoms with van der Waals surface area (Å²) in [4.78, 5) is 17.0. The van der Waals surface area contributed by atoms with E-state index in [9.17, 15) is 4.79 Å². The van der Waals surface area contributed by atoms with Crippen molar-refractivity contribution in [3.63, 3.8) is 0 Å². The summed E-state index contributed by atoms with van der Waals surface area (Å²) in [5.74, 6) is 2.86. The van der Waals surface area contributed by atoms with E-state index in [1.807, 2.05) is 24.3 Å². The highest BCUT2D eigenvalue weighted by Gasteiger charge is 2.19. The van der Waals surface area contributed by atoms with E-state index in [2.05, 4.69) is 15.1 Å². The highest BCUT2D eigenvalue weighted by Crippen LogP contribution is 2.28. The minimum absolute atomic E-state index is 0.0668. The van der Waals surface area contributed by atoms with E-state index in [0.29, 0.717) is 30.3 Å². The Bertz CT molecular complexity index is 836. The molecule has 168 valence electrons. The lowest BCUT2D eigenvalue weighted by Gasteiger charge is -2.34. The maximum Gasteiger partial charge on any atom is 0.238 e. The monoisotopic (exact) mass is 429 g/mol. The van der Waals surface area contributed by atoms with Gasteiger partial charge in [-0.25, -0.2) is 0 Å². The van der Waals surface area contributed by atoms with Gasteiger partial charge in [-0.1, -0.05) is 0 Å². The van der Waals surface area contributed by atoms with E-state index in [0.717, 1.165) is 44.2 Å². The van der Waals surface area contributed by atoms with Crippen LogP contribution in [0, 0.1) is 0 Å². The van der Waals surface area contributed by atoms with Crippen LogP contribution in [0.4, 0.5) is 5.69 Å². The Morgan fingerprint density at radius 2 is 1.45 bits per heavy atom. The second kappa shape index (κ2) is 11.4. The summed E-state index contributed by atoms with van der Waals surface area (Å²) in [6.07, 6.45) is 0. The predicted molar refractivity (Wildman–Crippen MR) is 120 cm³/mol. The molecule has 31 heavy (non-hydrogen) atoms. The minimum atomic E-state index is -0.0668. The Hall–Kier alpha value is -2.97. The van der Waals surface area contributed by atoms with Crippen LogP contribution in [0.2, 0.25) is 0 Å². The van der Waals surface area contributed by atoms with Crippen LogP contribution in [-0.4, -0.2) is 82.9 Å². The molecular formula is C23H31N3O5. The Morgan fingerprint density at radius 3 is 2.10 bits per heavy atom. The number of nitrogens with zero attached hydrogens (tertiary/aromatic N) is 2. The van der Waals surface area contributed by atoms with Crippen LogP contribution in [-0.2, 0) is 4.79 Å². The van der Waals surface area contributed by atoms with Crippen LogP contribution < -0.4 is 24.3 Å². The van der Waals surface area contributed by atoms with E-state index in [4.69, 9.17) is 18.9 Å². The fraction of sp³-hybridized carbons (Fsp3) is 0.435. The number of nitrogens with one attached hydrogen (secondary N) is 1. The van der Waals surface area contributed by atoms with Crippen LogP contribution in [0.3, 0.4) is 0 Å². The average molecular weight is 430 g/mol. The standard InChI is InChI=1S/C23H31N3O5/c1-28-18-4-6-19(7-5-18)31-15-14-25-10-12-26(13-11-25)17-23(27)24-21-16-20(29-2)8-9-22(21)30-3/h4-9,16H,10-15,17H2,1-3H3,(H,24,27). The maximum atomic E-state index is 12.5. The molecule has 0 bridgehead atoms. The molecule has 1 amide bonds. The molecule has 8 nitrogen and oxygen atoms in total. The largest absolute Gasteiger partial charge is 0.497 e. The molecule has 1 N–H and O–H groups in total. The van der Waals surface area contributed by atoms with Crippen molar-refractivity contribution in [2.45, 2.75) is 0 Å². The van der Waals surface area contributed by atoms with Crippen LogP contribution in [0.5, 0.6) is 23.0 Å². The summed E-state index contributed by atoms with van der Waals surface area (Å²) in [5, 5.41) is 2.93. The van der Waals surface area contributed by atoms with Gasteiger partial charge in [0, 0.05) is 38.8 Å². The summed E-state index contributed by atoms with van der Waals surface area (Å²) < 4.78 is 21.5. The second-order valence-electron chi connectivity index (χ2n) is 7.26. The number of hydrogen-bond acceptors (Lipinski definition) is 7. The fourth-order valence-corrected chi connectivity index (χ4v) is 3.44. The van der Waals surface area contributed by atoms with Gasteiger partial charge in [0.05, 0.1) is 33.6 Å². The number of hydrogen-bond donors (Lipinski definition) is 1. The van der Waals surface area contributed by atoms with Gasteiger partial charge in [-0.05, 0) is 36.4 Å². The normalized spacial score (nSPS) is 14.7. The Kier molecular flexibility index (Phi) is 8.37. The summed E-state index contributed by atoms with van der Waals surface area (Å²) >= 11 is 0. The van der Waals surface area contributed by atoms with Gasteiger partial charge in [-0.3, -0.25) is 14.6 Å². The summed E-state index contributed by atoms with van der Waals surface area (Å²) in [6.45, 7) is 5.31. The molecular weight excluding hydrogens is 398 g/mol. The molecule has 0 radical (unpaired) electrons. The average Bonchev–Trinajstić information content (AvgIpc) is 2.80. The third-order valence-electron chi connectivity index (χ3n) is 5.25. The Balaban J connectivity index is 1.38. The van der Waals surface area contributed by atoms with Crippen LogP contribution in [0.1, 0.15) is 0 Å². The summed E-state index contributed by atoms with van der Waals surface area (Å²) in [5.41, 5.74) is 0.612. The van der Waals surface area contributed by atoms with Crippen molar-refractivity contribution in [1.82, 2.24) is 9.80 Å². The maximum absolute atomic E-state index is 12.5. The van der Waals surface area contributed by atoms with E-state index >= 15 is 0 Å². The van der Waals surface area contributed by atoms with Crippen molar-refractivity contribution < 1.29 is 23.7 Å². The van der Waals surface area contributed by atoms with Gasteiger partial charge in [0.15, 0.2) is 0 Å². The summed E-state index contributed by atoms with van der Waals surface area (Å²) in [6, 6.07) is 12.9. The first-order valence-corrected chi connectivity index (χ1v) is 10.3. The minimum Gasteiger partial charge on any atom is -0.497 e. The van der Waals surface area contributed by atoms with Crippen LogP contribution >= 0.6 is 0 Å². The van der Waals surface area contributed by atoms with Gasteiger partial charge in [0.1, 0.15) is 29.6 Å². The SMILES string of the molecule is COc1ccc(OCCN2CCN(CC(=O)Nc3cc(OC)ccc3OC)CC2)cc1. The molecule has 1 aliphatic rings. The van der Waals surface area contributed by atoms with Gasteiger partial charge in [-0.15, -0.1) is 0 Å². The molecule has 0 aromatic heterocycles. The van der Waals surface area contributed by atoms with Crippen molar-refractivity contribution in [3.05, 3.63) is 42.5 Å². The molecule has 1 aliphatic heterocycles. The first-order valence-electron chi connectivity index (χ1n) is 10.3. The molecule has 1 saturated heterocycles. The van der Waals surface area contributed by atoms with Crippen molar-refractivity contribution >= 4 is 11.6 Å².